The first-order chi connectivity index (χ1) is 8.69. The molecule has 4 nitrogen and oxygen atoms in total. The minimum Gasteiger partial charge on any atom is -0.336 e. The third kappa shape index (κ3) is 2.24. The van der Waals surface area contributed by atoms with Gasteiger partial charge in [-0.2, -0.15) is 9.19 Å². The highest BCUT2D eigenvalue weighted by Crippen LogP contribution is 2.43. The summed E-state index contributed by atoms with van der Waals surface area (Å²) < 4.78 is 14.1. The first-order valence-electron chi connectivity index (χ1n) is 5.43. The number of rotatable bonds is 3. The van der Waals surface area contributed by atoms with Gasteiger partial charge in [-0.25, -0.2) is 4.99 Å². The van der Waals surface area contributed by atoms with Crippen LogP contribution in [0.2, 0.25) is 0 Å². The second kappa shape index (κ2) is 4.75. The third-order valence-electron chi connectivity index (χ3n) is 2.90. The second-order valence-electron chi connectivity index (χ2n) is 4.21. The van der Waals surface area contributed by atoms with Crippen LogP contribution in [0, 0.1) is 0 Å². The number of hydrogen-bond donors (Lipinski definition) is 1. The zero-order valence-corrected chi connectivity index (χ0v) is 11.4. The number of nitrogens with zero attached hydrogens (tertiary/aromatic N) is 3. The minimum atomic E-state index is -0.452. The van der Waals surface area contributed by atoms with Crippen LogP contribution >= 0.6 is 35.5 Å². The van der Waals surface area contributed by atoms with Crippen molar-refractivity contribution in [2.24, 2.45) is 4.99 Å². The molecule has 96 valence electrons. The number of halogens is 3. The number of aliphatic imine (C=N–C) groups is 1. The first kappa shape index (κ1) is 12.3. The van der Waals surface area contributed by atoms with E-state index in [-0.39, 0.29) is 17.6 Å². The Labute approximate surface area is 118 Å². The highest BCUT2D eigenvalue weighted by atomic mass is 35.5. The largest absolute Gasteiger partial charge is 0.336 e. The van der Waals surface area contributed by atoms with Crippen LogP contribution in [0.25, 0.3) is 0 Å². The zero-order chi connectivity index (χ0) is 12.7. The molecule has 1 saturated carbocycles. The van der Waals surface area contributed by atoms with Crippen molar-refractivity contribution in [3.8, 4) is 0 Å². The molecule has 1 N–H and O–H groups in total. The van der Waals surface area contributed by atoms with Crippen molar-refractivity contribution < 1.29 is 3.89 Å². The van der Waals surface area contributed by atoms with Crippen molar-refractivity contribution in [2.75, 3.05) is 0 Å². The molecule has 0 amide bonds. The Bertz CT molecular complexity index is 538. The quantitative estimate of drug-likeness (QED) is 0.870. The van der Waals surface area contributed by atoms with Crippen LogP contribution in [0.1, 0.15) is 36.2 Å². The lowest BCUT2D eigenvalue weighted by molar-refractivity contribution is 0.780. The topological polar surface area (TPSA) is 42.2 Å². The maximum Gasteiger partial charge on any atom is 0.196 e. The Kier molecular flexibility index (Phi) is 3.25. The summed E-state index contributed by atoms with van der Waals surface area (Å²) in [6.07, 6.45) is 3.72. The van der Waals surface area contributed by atoms with E-state index in [1.807, 2.05) is 6.07 Å². The Morgan fingerprint density at radius 2 is 2.22 bits per heavy atom. The van der Waals surface area contributed by atoms with Gasteiger partial charge >= 0.3 is 0 Å². The van der Waals surface area contributed by atoms with Crippen molar-refractivity contribution in [1.82, 2.24) is 14.5 Å². The smallest absolute Gasteiger partial charge is 0.196 e. The summed E-state index contributed by atoms with van der Waals surface area (Å²) in [5.74, 6) is 0.401. The molecule has 1 atom stereocenters. The molecule has 1 aliphatic carbocycles. The molecular weight excluding hydrogens is 298 g/mol. The van der Waals surface area contributed by atoms with Crippen LogP contribution < -0.4 is 5.32 Å². The number of aromatic nitrogens is 2. The lowest BCUT2D eigenvalue weighted by Crippen LogP contribution is -2.18. The van der Waals surface area contributed by atoms with E-state index in [2.05, 4.69) is 15.4 Å². The average molecular weight is 307 g/mol. The highest BCUT2D eigenvalue weighted by molar-refractivity contribution is 7.92. The molecule has 1 aliphatic heterocycles. The summed E-state index contributed by atoms with van der Waals surface area (Å²) in [4.78, 5) is 4.17. The van der Waals surface area contributed by atoms with Crippen LogP contribution in [0.15, 0.2) is 22.3 Å². The summed E-state index contributed by atoms with van der Waals surface area (Å²) in [5.41, 5.74) is 1.50. The third-order valence-corrected chi connectivity index (χ3v) is 3.84. The average Bonchev–Trinajstić information content (AvgIpc) is 3.12. The molecule has 0 saturated heterocycles. The van der Waals surface area contributed by atoms with Crippen LogP contribution in [0.3, 0.4) is 0 Å². The van der Waals surface area contributed by atoms with E-state index >= 15 is 0 Å². The van der Waals surface area contributed by atoms with E-state index < -0.39 is 6.04 Å². The SMILES string of the molecule is FSn1nc(C2N=C(Cl)NC=C2Cl)cc1C1CC1. The van der Waals surface area contributed by atoms with E-state index in [0.717, 1.165) is 18.5 Å². The monoisotopic (exact) mass is 306 g/mol. The Hall–Kier alpha value is -0.720. The lowest BCUT2D eigenvalue weighted by atomic mass is 10.1. The molecule has 0 spiro atoms. The van der Waals surface area contributed by atoms with E-state index in [1.54, 1.807) is 6.20 Å². The van der Waals surface area contributed by atoms with Gasteiger partial charge in [-0.15, -0.1) is 3.89 Å². The van der Waals surface area contributed by atoms with Crippen LogP contribution in [-0.2, 0) is 0 Å². The van der Waals surface area contributed by atoms with Gasteiger partial charge in [0.1, 0.15) is 6.04 Å². The van der Waals surface area contributed by atoms with Gasteiger partial charge < -0.3 is 5.32 Å². The van der Waals surface area contributed by atoms with Crippen molar-refractivity contribution in [2.45, 2.75) is 24.8 Å². The van der Waals surface area contributed by atoms with Gasteiger partial charge in [0.15, 0.2) is 17.6 Å². The van der Waals surface area contributed by atoms with Crippen LogP contribution in [0.4, 0.5) is 3.89 Å². The predicted octanol–water partition coefficient (Wildman–Crippen LogP) is 3.46. The normalized spacial score (nSPS) is 23.4. The van der Waals surface area contributed by atoms with Gasteiger partial charge in [-0.1, -0.05) is 11.6 Å². The van der Waals surface area contributed by atoms with Gasteiger partial charge in [-0.3, -0.25) is 0 Å². The summed E-state index contributed by atoms with van der Waals surface area (Å²) in [7, 11) is 0. The maximum absolute atomic E-state index is 12.8. The van der Waals surface area contributed by atoms with Gasteiger partial charge in [0.25, 0.3) is 0 Å². The predicted molar refractivity (Wildman–Crippen MR) is 71.4 cm³/mol. The molecule has 0 bridgehead atoms. The Morgan fingerprint density at radius 1 is 1.44 bits per heavy atom. The summed E-state index contributed by atoms with van der Waals surface area (Å²) in [5, 5.41) is 7.63. The molecular formula is C10H9Cl2FN4S. The minimum absolute atomic E-state index is 0.0965. The molecule has 1 aromatic rings. The molecule has 3 rings (SSSR count). The van der Waals surface area contributed by atoms with Crippen LogP contribution in [0.5, 0.6) is 0 Å². The van der Waals surface area contributed by atoms with Crippen molar-refractivity contribution in [3.63, 3.8) is 0 Å². The van der Waals surface area contributed by atoms with Crippen molar-refractivity contribution >= 4 is 40.8 Å². The van der Waals surface area contributed by atoms with Crippen molar-refractivity contribution in [3.05, 3.63) is 28.7 Å². The maximum atomic E-state index is 12.8. The second-order valence-corrected chi connectivity index (χ2v) is 5.48. The summed E-state index contributed by atoms with van der Waals surface area (Å²) in [6, 6.07) is 1.40. The van der Waals surface area contributed by atoms with Crippen LogP contribution in [-0.4, -0.2) is 14.5 Å². The van der Waals surface area contributed by atoms with E-state index in [4.69, 9.17) is 23.2 Å². The number of nitrogens with one attached hydrogen (secondary N) is 1. The molecule has 8 heteroatoms. The standard InChI is InChI=1S/C10H9Cl2FN4S/c11-6-4-14-10(12)15-9(6)7-3-8(5-1-2-5)17(16-7)18-13/h3-5,9H,1-2H2,(H,14,15). The van der Waals surface area contributed by atoms with Gasteiger partial charge in [0.05, 0.1) is 16.4 Å². The fourth-order valence-corrected chi connectivity index (χ4v) is 2.64. The highest BCUT2D eigenvalue weighted by Gasteiger charge is 2.31. The van der Waals surface area contributed by atoms with Crippen molar-refractivity contribution in [1.29, 1.82) is 0 Å². The molecule has 0 radical (unpaired) electrons. The Morgan fingerprint density at radius 3 is 2.89 bits per heavy atom. The fraction of sp³-hybridized carbons (Fsp3) is 0.400. The molecule has 1 aromatic heterocycles. The molecule has 2 heterocycles. The number of hydrogen-bond acceptors (Lipinski definition) is 4. The van der Waals surface area contributed by atoms with Gasteiger partial charge in [0.2, 0.25) is 0 Å². The molecule has 0 aromatic carbocycles. The zero-order valence-electron chi connectivity index (χ0n) is 9.11. The molecule has 1 unspecified atom stereocenters. The summed E-state index contributed by atoms with van der Waals surface area (Å²) >= 11 is 12.0. The summed E-state index contributed by atoms with van der Waals surface area (Å²) in [6.45, 7) is 0. The molecule has 1 fully saturated rings. The van der Waals surface area contributed by atoms with E-state index in [0.29, 0.717) is 16.6 Å². The molecule has 2 aliphatic rings. The molecule has 18 heavy (non-hydrogen) atoms. The lowest BCUT2D eigenvalue weighted by Gasteiger charge is -2.14. The number of amidine groups is 1. The van der Waals surface area contributed by atoms with E-state index in [9.17, 15) is 3.89 Å². The fourth-order valence-electron chi connectivity index (χ4n) is 1.87. The Balaban J connectivity index is 1.96. The first-order valence-corrected chi connectivity index (χ1v) is 6.86. The van der Waals surface area contributed by atoms with Gasteiger partial charge in [0, 0.05) is 12.1 Å². The van der Waals surface area contributed by atoms with Gasteiger partial charge in [-0.05, 0) is 30.5 Å². The van der Waals surface area contributed by atoms with E-state index in [1.165, 1.54) is 4.09 Å².